The van der Waals surface area contributed by atoms with E-state index in [9.17, 15) is 4.79 Å². The van der Waals surface area contributed by atoms with Crippen molar-refractivity contribution in [2.24, 2.45) is 17.8 Å². The van der Waals surface area contributed by atoms with Crippen molar-refractivity contribution in [2.75, 3.05) is 11.9 Å². The first kappa shape index (κ1) is 12.4. The maximum atomic E-state index is 12.4. The number of hydrogen-bond acceptors (Lipinski definition) is 2. The highest BCUT2D eigenvalue weighted by molar-refractivity contribution is 5.95. The van der Waals surface area contributed by atoms with Crippen LogP contribution in [0.2, 0.25) is 0 Å². The Hall–Kier alpha value is -1.35. The maximum absolute atomic E-state index is 12.4. The quantitative estimate of drug-likeness (QED) is 0.867. The van der Waals surface area contributed by atoms with Crippen LogP contribution in [0.15, 0.2) is 18.2 Å². The molecule has 2 fully saturated rings. The first-order valence-electron chi connectivity index (χ1n) is 7.96. The van der Waals surface area contributed by atoms with Gasteiger partial charge >= 0.3 is 0 Å². The molecule has 2 unspecified atom stereocenters. The monoisotopic (exact) mass is 270 g/mol. The molecule has 1 heterocycles. The second-order valence-corrected chi connectivity index (χ2v) is 6.54. The van der Waals surface area contributed by atoms with Crippen molar-refractivity contribution in [1.82, 2.24) is 5.32 Å². The molecule has 3 nitrogen and oxygen atoms in total. The number of rotatable bonds is 2. The van der Waals surface area contributed by atoms with Crippen molar-refractivity contribution < 1.29 is 4.79 Å². The van der Waals surface area contributed by atoms with E-state index in [4.69, 9.17) is 0 Å². The van der Waals surface area contributed by atoms with E-state index in [0.717, 1.165) is 25.2 Å². The lowest BCUT2D eigenvalue weighted by Gasteiger charge is -2.18. The summed E-state index contributed by atoms with van der Waals surface area (Å²) < 4.78 is 0. The van der Waals surface area contributed by atoms with Gasteiger partial charge < -0.3 is 10.6 Å². The highest BCUT2D eigenvalue weighted by atomic mass is 16.2. The summed E-state index contributed by atoms with van der Waals surface area (Å²) in [5.41, 5.74) is 3.73. The summed E-state index contributed by atoms with van der Waals surface area (Å²) in [5, 5.41) is 6.53. The summed E-state index contributed by atoms with van der Waals surface area (Å²) >= 11 is 0. The zero-order valence-electron chi connectivity index (χ0n) is 11.8. The summed E-state index contributed by atoms with van der Waals surface area (Å²) in [6.45, 7) is 1.98. The minimum atomic E-state index is 0.255. The van der Waals surface area contributed by atoms with E-state index in [-0.39, 0.29) is 5.91 Å². The van der Waals surface area contributed by atoms with Gasteiger partial charge in [-0.05, 0) is 60.9 Å². The average molecular weight is 270 g/mol. The topological polar surface area (TPSA) is 41.1 Å². The molecule has 2 N–H and O–H groups in total. The van der Waals surface area contributed by atoms with Crippen molar-refractivity contribution in [3.8, 4) is 0 Å². The summed E-state index contributed by atoms with van der Waals surface area (Å²) in [6, 6.07) is 6.38. The van der Waals surface area contributed by atoms with Crippen LogP contribution in [0, 0.1) is 17.8 Å². The second kappa shape index (κ2) is 4.88. The summed E-state index contributed by atoms with van der Waals surface area (Å²) in [5.74, 6) is 1.92. The summed E-state index contributed by atoms with van der Waals surface area (Å²) in [4.78, 5) is 12.4. The highest BCUT2D eigenvalue weighted by Crippen LogP contribution is 2.55. The van der Waals surface area contributed by atoms with Gasteiger partial charge in [-0.15, -0.1) is 0 Å². The third kappa shape index (κ3) is 2.14. The molecule has 0 aromatic heterocycles. The fourth-order valence-corrected chi connectivity index (χ4v) is 4.17. The van der Waals surface area contributed by atoms with Gasteiger partial charge in [0.25, 0.3) is 0 Å². The van der Waals surface area contributed by atoms with Crippen molar-refractivity contribution in [3.63, 3.8) is 0 Å². The number of fused-ring (bicyclic) bond motifs is 2. The summed E-state index contributed by atoms with van der Waals surface area (Å²) in [7, 11) is 0. The zero-order valence-corrected chi connectivity index (χ0v) is 11.8. The predicted molar refractivity (Wildman–Crippen MR) is 79.4 cm³/mol. The highest BCUT2D eigenvalue weighted by Gasteiger charge is 2.54. The Bertz CT molecular complexity index is 528. The molecule has 1 aromatic rings. The Kier molecular flexibility index (Phi) is 3.03. The molecule has 4 rings (SSSR count). The molecule has 106 valence electrons. The van der Waals surface area contributed by atoms with Gasteiger partial charge in [-0.25, -0.2) is 0 Å². The van der Waals surface area contributed by atoms with Crippen LogP contribution in [0.4, 0.5) is 5.69 Å². The van der Waals surface area contributed by atoms with E-state index >= 15 is 0 Å². The van der Waals surface area contributed by atoms with E-state index in [1.807, 2.05) is 0 Å². The number of anilines is 1. The minimum Gasteiger partial charge on any atom is -0.326 e. The van der Waals surface area contributed by atoms with E-state index in [0.29, 0.717) is 17.8 Å². The molecule has 2 atom stereocenters. The van der Waals surface area contributed by atoms with Gasteiger partial charge in [-0.3, -0.25) is 4.79 Å². The lowest BCUT2D eigenvalue weighted by Crippen LogP contribution is -2.24. The van der Waals surface area contributed by atoms with Gasteiger partial charge in [0.05, 0.1) is 0 Å². The number of nitrogens with one attached hydrogen (secondary N) is 2. The van der Waals surface area contributed by atoms with Crippen LogP contribution >= 0.6 is 0 Å². The van der Waals surface area contributed by atoms with Crippen molar-refractivity contribution in [3.05, 3.63) is 29.3 Å². The first-order chi connectivity index (χ1) is 9.83. The second-order valence-electron chi connectivity index (χ2n) is 6.54. The van der Waals surface area contributed by atoms with Crippen LogP contribution < -0.4 is 10.6 Å². The van der Waals surface area contributed by atoms with Crippen molar-refractivity contribution >= 4 is 11.6 Å². The lowest BCUT2D eigenvalue weighted by molar-refractivity contribution is -0.117. The van der Waals surface area contributed by atoms with Crippen LogP contribution in [0.3, 0.4) is 0 Å². The van der Waals surface area contributed by atoms with Gasteiger partial charge in [-0.1, -0.05) is 18.9 Å². The smallest absolute Gasteiger partial charge is 0.228 e. The molecule has 20 heavy (non-hydrogen) atoms. The number of carbonyl (C=O) groups is 1. The van der Waals surface area contributed by atoms with Gasteiger partial charge in [0, 0.05) is 18.2 Å². The Morgan fingerprint density at radius 3 is 2.75 bits per heavy atom. The van der Waals surface area contributed by atoms with Gasteiger partial charge in [-0.2, -0.15) is 0 Å². The number of amides is 1. The van der Waals surface area contributed by atoms with E-state index in [1.165, 1.54) is 36.8 Å². The van der Waals surface area contributed by atoms with Crippen LogP contribution in [0.1, 0.15) is 36.8 Å². The van der Waals surface area contributed by atoms with Crippen LogP contribution in [0.25, 0.3) is 0 Å². The van der Waals surface area contributed by atoms with Crippen LogP contribution in [0.5, 0.6) is 0 Å². The van der Waals surface area contributed by atoms with Gasteiger partial charge in [0.1, 0.15) is 0 Å². The van der Waals surface area contributed by atoms with E-state index < -0.39 is 0 Å². The average Bonchev–Trinajstić information content (AvgIpc) is 3.21. The molecular weight excluding hydrogens is 248 g/mol. The van der Waals surface area contributed by atoms with Crippen molar-refractivity contribution in [2.45, 2.75) is 38.6 Å². The fraction of sp³-hybridized carbons (Fsp3) is 0.588. The number of carbonyl (C=O) groups excluding carboxylic acids is 1. The van der Waals surface area contributed by atoms with Gasteiger partial charge in [0.2, 0.25) is 5.91 Å². The SMILES string of the molecule is O=C(Nc1ccc2c(c1)CNCC2)C1C2CCCCC21. The predicted octanol–water partition coefficient (Wildman–Crippen LogP) is 2.71. The standard InChI is InChI=1S/C17H22N2O/c20-17(16-14-3-1-2-4-15(14)16)19-13-6-5-11-7-8-18-10-12(11)9-13/h5-6,9,14-16,18H,1-4,7-8,10H2,(H,19,20). The molecule has 0 spiro atoms. The molecule has 0 bridgehead atoms. The minimum absolute atomic E-state index is 0.255. The van der Waals surface area contributed by atoms with Crippen LogP contribution in [-0.4, -0.2) is 12.5 Å². The first-order valence-corrected chi connectivity index (χ1v) is 7.96. The number of hydrogen-bond donors (Lipinski definition) is 2. The Morgan fingerprint density at radius 2 is 1.95 bits per heavy atom. The normalized spacial score (nSPS) is 31.1. The van der Waals surface area contributed by atoms with Gasteiger partial charge in [0.15, 0.2) is 0 Å². The third-order valence-electron chi connectivity index (χ3n) is 5.32. The summed E-state index contributed by atoms with van der Waals surface area (Å²) in [6.07, 6.45) is 6.25. The molecular formula is C17H22N2O. The molecule has 3 heteroatoms. The van der Waals surface area contributed by atoms with E-state index in [2.05, 4.69) is 28.8 Å². The molecule has 1 aliphatic heterocycles. The Labute approximate surface area is 120 Å². The molecule has 2 aliphatic carbocycles. The Morgan fingerprint density at radius 1 is 1.15 bits per heavy atom. The zero-order chi connectivity index (χ0) is 13.5. The molecule has 2 saturated carbocycles. The van der Waals surface area contributed by atoms with E-state index in [1.54, 1.807) is 0 Å². The number of benzene rings is 1. The van der Waals surface area contributed by atoms with Crippen LogP contribution in [-0.2, 0) is 17.8 Å². The molecule has 1 aromatic carbocycles. The lowest BCUT2D eigenvalue weighted by atomic mass is 10.0. The molecule has 3 aliphatic rings. The largest absolute Gasteiger partial charge is 0.326 e. The molecule has 0 radical (unpaired) electrons. The third-order valence-corrected chi connectivity index (χ3v) is 5.32. The maximum Gasteiger partial charge on any atom is 0.228 e. The fourth-order valence-electron chi connectivity index (χ4n) is 4.17. The Balaban J connectivity index is 1.45. The molecule has 1 amide bonds. The van der Waals surface area contributed by atoms with Crippen molar-refractivity contribution in [1.29, 1.82) is 0 Å². The molecule has 0 saturated heterocycles.